The van der Waals surface area contributed by atoms with E-state index in [0.29, 0.717) is 6.04 Å². The standard InChI is InChI=1S/C18H23FN2/c1-2-10-21-18(9-8-15-6-4-11-20-14-15)13-16-5-3-7-17(19)12-16/h3-7,11-12,14,18,21H,2,8-10,13H2,1H3. The third-order valence-corrected chi connectivity index (χ3v) is 3.56. The highest BCUT2D eigenvalue weighted by Gasteiger charge is 2.10. The molecule has 1 aromatic carbocycles. The van der Waals surface area contributed by atoms with Crippen LogP contribution in [0.5, 0.6) is 0 Å². The number of hydrogen-bond donors (Lipinski definition) is 1. The fourth-order valence-corrected chi connectivity index (χ4v) is 2.46. The molecular formula is C18H23FN2. The molecule has 0 aliphatic carbocycles. The number of hydrogen-bond acceptors (Lipinski definition) is 2. The van der Waals surface area contributed by atoms with Crippen molar-refractivity contribution in [1.82, 2.24) is 10.3 Å². The average molecular weight is 286 g/mol. The molecule has 0 spiro atoms. The smallest absolute Gasteiger partial charge is 0.123 e. The van der Waals surface area contributed by atoms with Crippen LogP contribution in [0.4, 0.5) is 4.39 Å². The molecule has 2 rings (SSSR count). The molecule has 3 heteroatoms. The van der Waals surface area contributed by atoms with Crippen molar-refractivity contribution in [1.29, 1.82) is 0 Å². The maximum atomic E-state index is 13.3. The molecule has 1 atom stereocenters. The number of aromatic nitrogens is 1. The Morgan fingerprint density at radius 3 is 2.76 bits per heavy atom. The molecular weight excluding hydrogens is 263 g/mol. The van der Waals surface area contributed by atoms with E-state index in [1.807, 2.05) is 18.3 Å². The zero-order chi connectivity index (χ0) is 14.9. The SMILES string of the molecule is CCCNC(CCc1cccnc1)Cc1cccc(F)c1. The first-order valence-electron chi connectivity index (χ1n) is 7.64. The largest absolute Gasteiger partial charge is 0.314 e. The number of nitrogens with zero attached hydrogens (tertiary/aromatic N) is 1. The molecule has 1 N–H and O–H groups in total. The lowest BCUT2D eigenvalue weighted by Gasteiger charge is -2.18. The van der Waals surface area contributed by atoms with Crippen molar-refractivity contribution >= 4 is 0 Å². The van der Waals surface area contributed by atoms with Crippen molar-refractivity contribution in [3.05, 3.63) is 65.7 Å². The second-order valence-electron chi connectivity index (χ2n) is 5.39. The van der Waals surface area contributed by atoms with E-state index < -0.39 is 0 Å². The van der Waals surface area contributed by atoms with Crippen LogP contribution in [-0.4, -0.2) is 17.6 Å². The van der Waals surface area contributed by atoms with Crippen LogP contribution in [0.1, 0.15) is 30.9 Å². The van der Waals surface area contributed by atoms with Crippen molar-refractivity contribution in [3.63, 3.8) is 0 Å². The molecule has 2 nitrogen and oxygen atoms in total. The van der Waals surface area contributed by atoms with Gasteiger partial charge in [0.25, 0.3) is 0 Å². The summed E-state index contributed by atoms with van der Waals surface area (Å²) < 4.78 is 13.3. The molecule has 0 radical (unpaired) electrons. The van der Waals surface area contributed by atoms with Crippen LogP contribution >= 0.6 is 0 Å². The molecule has 0 saturated heterocycles. The van der Waals surface area contributed by atoms with E-state index in [9.17, 15) is 4.39 Å². The van der Waals surface area contributed by atoms with Crippen molar-refractivity contribution in [3.8, 4) is 0 Å². The zero-order valence-corrected chi connectivity index (χ0v) is 12.6. The van der Waals surface area contributed by atoms with Crippen LogP contribution in [0.15, 0.2) is 48.8 Å². The van der Waals surface area contributed by atoms with E-state index in [1.165, 1.54) is 11.6 Å². The zero-order valence-electron chi connectivity index (χ0n) is 12.6. The predicted molar refractivity (Wildman–Crippen MR) is 84.7 cm³/mol. The topological polar surface area (TPSA) is 24.9 Å². The van der Waals surface area contributed by atoms with Gasteiger partial charge < -0.3 is 5.32 Å². The van der Waals surface area contributed by atoms with Crippen LogP contribution in [0.3, 0.4) is 0 Å². The fraction of sp³-hybridized carbons (Fsp3) is 0.389. The normalized spacial score (nSPS) is 12.3. The second kappa shape index (κ2) is 8.53. The highest BCUT2D eigenvalue weighted by Crippen LogP contribution is 2.11. The third kappa shape index (κ3) is 5.64. The molecule has 0 aliphatic rings. The lowest BCUT2D eigenvalue weighted by molar-refractivity contribution is 0.476. The molecule has 0 saturated carbocycles. The Labute approximate surface area is 126 Å². The summed E-state index contributed by atoms with van der Waals surface area (Å²) >= 11 is 0. The van der Waals surface area contributed by atoms with Gasteiger partial charge in [0.2, 0.25) is 0 Å². The first kappa shape index (κ1) is 15.6. The monoisotopic (exact) mass is 286 g/mol. The average Bonchev–Trinajstić information content (AvgIpc) is 2.51. The van der Waals surface area contributed by atoms with Gasteiger partial charge in [-0.1, -0.05) is 25.1 Å². The van der Waals surface area contributed by atoms with Crippen molar-refractivity contribution in [2.75, 3.05) is 6.54 Å². The Kier molecular flexibility index (Phi) is 6.35. The van der Waals surface area contributed by atoms with E-state index in [-0.39, 0.29) is 5.82 Å². The Morgan fingerprint density at radius 2 is 2.05 bits per heavy atom. The van der Waals surface area contributed by atoms with Crippen molar-refractivity contribution < 1.29 is 4.39 Å². The van der Waals surface area contributed by atoms with Gasteiger partial charge in [0.05, 0.1) is 0 Å². The molecule has 2 aromatic rings. The van der Waals surface area contributed by atoms with Gasteiger partial charge in [-0.05, 0) is 61.6 Å². The number of aryl methyl sites for hydroxylation is 1. The van der Waals surface area contributed by atoms with E-state index in [2.05, 4.69) is 23.3 Å². The summed E-state index contributed by atoms with van der Waals surface area (Å²) in [6.45, 7) is 3.15. The number of pyridine rings is 1. The quantitative estimate of drug-likeness (QED) is 0.799. The number of halogens is 1. The molecule has 0 fully saturated rings. The first-order valence-corrected chi connectivity index (χ1v) is 7.64. The second-order valence-corrected chi connectivity index (χ2v) is 5.39. The number of rotatable bonds is 8. The molecule has 0 aliphatic heterocycles. The van der Waals surface area contributed by atoms with E-state index in [0.717, 1.165) is 37.8 Å². The van der Waals surface area contributed by atoms with Gasteiger partial charge in [-0.15, -0.1) is 0 Å². The summed E-state index contributed by atoms with van der Waals surface area (Å²) in [6, 6.07) is 11.3. The van der Waals surface area contributed by atoms with Gasteiger partial charge in [-0.3, -0.25) is 4.98 Å². The highest BCUT2D eigenvalue weighted by molar-refractivity contribution is 5.18. The summed E-state index contributed by atoms with van der Waals surface area (Å²) in [5.41, 5.74) is 2.30. The van der Waals surface area contributed by atoms with Crippen LogP contribution in [0.2, 0.25) is 0 Å². The molecule has 0 bridgehead atoms. The Balaban J connectivity index is 1.94. The third-order valence-electron chi connectivity index (χ3n) is 3.56. The molecule has 21 heavy (non-hydrogen) atoms. The summed E-state index contributed by atoms with van der Waals surface area (Å²) in [5, 5.41) is 3.56. The summed E-state index contributed by atoms with van der Waals surface area (Å²) in [6.07, 6.45) is 7.69. The van der Waals surface area contributed by atoms with Gasteiger partial charge in [-0.2, -0.15) is 0 Å². The Morgan fingerprint density at radius 1 is 1.19 bits per heavy atom. The van der Waals surface area contributed by atoms with Crippen LogP contribution in [-0.2, 0) is 12.8 Å². The first-order chi connectivity index (χ1) is 10.3. The fourth-order valence-electron chi connectivity index (χ4n) is 2.46. The van der Waals surface area contributed by atoms with Gasteiger partial charge in [0.1, 0.15) is 5.82 Å². The summed E-state index contributed by atoms with van der Waals surface area (Å²) in [7, 11) is 0. The molecule has 112 valence electrons. The summed E-state index contributed by atoms with van der Waals surface area (Å²) in [5.74, 6) is -0.158. The number of benzene rings is 1. The maximum Gasteiger partial charge on any atom is 0.123 e. The van der Waals surface area contributed by atoms with Crippen LogP contribution < -0.4 is 5.32 Å². The number of nitrogens with one attached hydrogen (secondary N) is 1. The Bertz CT molecular complexity index is 528. The minimum atomic E-state index is -0.158. The van der Waals surface area contributed by atoms with Crippen molar-refractivity contribution in [2.24, 2.45) is 0 Å². The molecule has 1 aromatic heterocycles. The molecule has 0 amide bonds. The minimum Gasteiger partial charge on any atom is -0.314 e. The molecule has 1 unspecified atom stereocenters. The van der Waals surface area contributed by atoms with E-state index in [4.69, 9.17) is 0 Å². The van der Waals surface area contributed by atoms with Gasteiger partial charge in [-0.25, -0.2) is 4.39 Å². The van der Waals surface area contributed by atoms with Crippen molar-refractivity contribution in [2.45, 2.75) is 38.6 Å². The van der Waals surface area contributed by atoms with Gasteiger partial charge in [0.15, 0.2) is 0 Å². The van der Waals surface area contributed by atoms with Crippen LogP contribution in [0, 0.1) is 5.82 Å². The highest BCUT2D eigenvalue weighted by atomic mass is 19.1. The van der Waals surface area contributed by atoms with E-state index >= 15 is 0 Å². The van der Waals surface area contributed by atoms with Gasteiger partial charge >= 0.3 is 0 Å². The predicted octanol–water partition coefficient (Wildman–Crippen LogP) is 3.76. The lowest BCUT2D eigenvalue weighted by atomic mass is 9.99. The van der Waals surface area contributed by atoms with E-state index in [1.54, 1.807) is 18.3 Å². The van der Waals surface area contributed by atoms with Crippen LogP contribution in [0.25, 0.3) is 0 Å². The molecule has 1 heterocycles. The lowest BCUT2D eigenvalue weighted by Crippen LogP contribution is -2.32. The van der Waals surface area contributed by atoms with Gasteiger partial charge in [0, 0.05) is 18.4 Å². The minimum absolute atomic E-state index is 0.158. The Hall–Kier alpha value is -1.74. The summed E-state index contributed by atoms with van der Waals surface area (Å²) in [4.78, 5) is 4.15. The maximum absolute atomic E-state index is 13.3.